The number of rotatable bonds is 9. The molecule has 1 aromatic heterocycles. The Balaban J connectivity index is 1.60. The maximum atomic E-state index is 13.1. The highest BCUT2D eigenvalue weighted by Gasteiger charge is 2.23. The minimum absolute atomic E-state index is 0.0658. The van der Waals surface area contributed by atoms with Gasteiger partial charge in [0.25, 0.3) is 5.91 Å². The molecule has 6 nitrogen and oxygen atoms in total. The predicted molar refractivity (Wildman–Crippen MR) is 135 cm³/mol. The highest BCUT2D eigenvalue weighted by atomic mass is 32.2. The first-order valence-electron chi connectivity index (χ1n) is 11.4. The molecule has 1 atom stereocenters. The third-order valence-corrected chi connectivity index (χ3v) is 8.15. The van der Waals surface area contributed by atoms with Crippen LogP contribution in [-0.4, -0.2) is 43.2 Å². The van der Waals surface area contributed by atoms with Gasteiger partial charge in [0.1, 0.15) is 0 Å². The maximum Gasteiger partial charge on any atom is 0.251 e. The number of hydrogen-bond donors (Lipinski definition) is 2. The number of H-pyrrole nitrogens is 1. The van der Waals surface area contributed by atoms with Crippen LogP contribution in [-0.2, 0) is 10.0 Å². The van der Waals surface area contributed by atoms with E-state index in [0.717, 1.165) is 22.0 Å². The summed E-state index contributed by atoms with van der Waals surface area (Å²) in [4.78, 5) is 16.5. The van der Waals surface area contributed by atoms with Gasteiger partial charge in [0.15, 0.2) is 0 Å². The molecule has 0 saturated heterocycles. The zero-order chi connectivity index (χ0) is 24.1. The molecule has 3 aromatic carbocycles. The summed E-state index contributed by atoms with van der Waals surface area (Å²) in [6, 6.07) is 24.4. The summed E-state index contributed by atoms with van der Waals surface area (Å²) in [6.07, 6.45) is 1.99. The molecule has 0 spiro atoms. The second-order valence-corrected chi connectivity index (χ2v) is 10.0. The highest BCUT2D eigenvalue weighted by molar-refractivity contribution is 7.89. The van der Waals surface area contributed by atoms with Crippen molar-refractivity contribution in [3.05, 3.63) is 102 Å². The fourth-order valence-corrected chi connectivity index (χ4v) is 5.79. The van der Waals surface area contributed by atoms with Crippen LogP contribution in [0.3, 0.4) is 0 Å². The second kappa shape index (κ2) is 10.2. The number of amides is 1. The lowest BCUT2D eigenvalue weighted by Gasteiger charge is -2.20. The fourth-order valence-electron chi connectivity index (χ4n) is 4.28. The topological polar surface area (TPSA) is 82.3 Å². The second-order valence-electron chi connectivity index (χ2n) is 8.08. The average Bonchev–Trinajstić information content (AvgIpc) is 3.29. The zero-order valence-corrected chi connectivity index (χ0v) is 20.2. The van der Waals surface area contributed by atoms with Crippen LogP contribution in [0.25, 0.3) is 10.9 Å². The molecule has 4 aromatic rings. The van der Waals surface area contributed by atoms with Gasteiger partial charge in [-0.05, 0) is 35.4 Å². The smallest absolute Gasteiger partial charge is 0.251 e. The van der Waals surface area contributed by atoms with Gasteiger partial charge in [0.2, 0.25) is 10.0 Å². The normalized spacial score (nSPS) is 12.7. The van der Waals surface area contributed by atoms with Gasteiger partial charge in [-0.15, -0.1) is 0 Å². The van der Waals surface area contributed by atoms with Crippen LogP contribution in [0, 0.1) is 0 Å². The van der Waals surface area contributed by atoms with E-state index >= 15 is 0 Å². The SMILES string of the molecule is CCN(CC)S(=O)(=O)c1cccc(C(=O)NC[C@H](c2ccccc2)c2c[nH]c3ccccc23)c1. The van der Waals surface area contributed by atoms with E-state index in [1.165, 1.54) is 16.4 Å². The van der Waals surface area contributed by atoms with Gasteiger partial charge >= 0.3 is 0 Å². The minimum Gasteiger partial charge on any atom is -0.361 e. The van der Waals surface area contributed by atoms with E-state index in [2.05, 4.69) is 28.5 Å². The molecule has 0 saturated carbocycles. The Bertz CT molecular complexity index is 1380. The molecule has 1 heterocycles. The van der Waals surface area contributed by atoms with E-state index in [1.807, 2.05) is 42.6 Å². The number of para-hydroxylation sites is 1. The van der Waals surface area contributed by atoms with Crippen molar-refractivity contribution < 1.29 is 13.2 Å². The summed E-state index contributed by atoms with van der Waals surface area (Å²) in [5.41, 5.74) is 3.54. The minimum atomic E-state index is -3.64. The number of nitrogens with zero attached hydrogens (tertiary/aromatic N) is 1. The lowest BCUT2D eigenvalue weighted by atomic mass is 9.91. The van der Waals surface area contributed by atoms with Crippen LogP contribution in [0.5, 0.6) is 0 Å². The molecule has 7 heteroatoms. The molecule has 0 fully saturated rings. The van der Waals surface area contributed by atoms with Crippen molar-refractivity contribution >= 4 is 26.8 Å². The molecule has 0 radical (unpaired) electrons. The molecule has 0 aliphatic heterocycles. The summed E-state index contributed by atoms with van der Waals surface area (Å²) in [6.45, 7) is 4.72. The Morgan fingerprint density at radius 3 is 2.38 bits per heavy atom. The molecule has 1 amide bonds. The van der Waals surface area contributed by atoms with E-state index < -0.39 is 10.0 Å². The Morgan fingerprint density at radius 1 is 0.941 bits per heavy atom. The number of nitrogens with one attached hydrogen (secondary N) is 2. The van der Waals surface area contributed by atoms with Crippen molar-refractivity contribution in [1.82, 2.24) is 14.6 Å². The van der Waals surface area contributed by atoms with Crippen molar-refractivity contribution in [3.8, 4) is 0 Å². The van der Waals surface area contributed by atoms with Gasteiger partial charge < -0.3 is 10.3 Å². The average molecular weight is 476 g/mol. The molecule has 34 heavy (non-hydrogen) atoms. The third kappa shape index (κ3) is 4.76. The first-order chi connectivity index (χ1) is 16.5. The van der Waals surface area contributed by atoms with Gasteiger partial charge in [0.05, 0.1) is 4.90 Å². The molecular formula is C27H29N3O3S. The van der Waals surface area contributed by atoms with Crippen LogP contribution in [0.15, 0.2) is 90.0 Å². The summed E-state index contributed by atoms with van der Waals surface area (Å²) < 4.78 is 27.2. The molecular weight excluding hydrogens is 446 g/mol. The largest absolute Gasteiger partial charge is 0.361 e. The van der Waals surface area contributed by atoms with Crippen LogP contribution >= 0.6 is 0 Å². The Kier molecular flexibility index (Phi) is 7.14. The fraction of sp³-hybridized carbons (Fsp3) is 0.222. The Morgan fingerprint density at radius 2 is 1.65 bits per heavy atom. The molecule has 0 aliphatic carbocycles. The molecule has 2 N–H and O–H groups in total. The van der Waals surface area contributed by atoms with Crippen LogP contribution in [0.2, 0.25) is 0 Å². The number of benzene rings is 3. The summed E-state index contributed by atoms with van der Waals surface area (Å²) in [7, 11) is -3.64. The monoisotopic (exact) mass is 475 g/mol. The quantitative estimate of drug-likeness (QED) is 0.366. The van der Waals surface area contributed by atoms with Crippen molar-refractivity contribution in [2.45, 2.75) is 24.7 Å². The molecule has 0 unspecified atom stereocenters. The predicted octanol–water partition coefficient (Wildman–Crippen LogP) is 4.76. The molecule has 0 bridgehead atoms. The number of aromatic nitrogens is 1. The number of sulfonamides is 1. The molecule has 176 valence electrons. The van der Waals surface area contributed by atoms with Gasteiger partial charge in [-0.3, -0.25) is 4.79 Å². The summed E-state index contributed by atoms with van der Waals surface area (Å²) in [5.74, 6) is -0.374. The van der Waals surface area contributed by atoms with Crippen molar-refractivity contribution in [2.75, 3.05) is 19.6 Å². The van der Waals surface area contributed by atoms with Crippen LogP contribution < -0.4 is 5.32 Å². The summed E-state index contributed by atoms with van der Waals surface area (Å²) in [5, 5.41) is 4.13. The summed E-state index contributed by atoms with van der Waals surface area (Å²) >= 11 is 0. The number of carbonyl (C=O) groups is 1. The highest BCUT2D eigenvalue weighted by Crippen LogP contribution is 2.30. The standard InChI is InChI=1S/C27H29N3O3S/c1-3-30(4-2)34(32,33)22-14-10-13-21(17-22)27(31)29-18-24(20-11-6-5-7-12-20)25-19-28-26-16-9-8-15-23(25)26/h5-17,19,24,28H,3-4,18H2,1-2H3,(H,29,31)/t24-/m1/s1. The van der Waals surface area contributed by atoms with E-state index in [9.17, 15) is 13.2 Å². The van der Waals surface area contributed by atoms with Gasteiger partial charge in [-0.25, -0.2) is 8.42 Å². The molecule has 4 rings (SSSR count). The maximum absolute atomic E-state index is 13.1. The van der Waals surface area contributed by atoms with E-state index in [1.54, 1.807) is 26.0 Å². The first-order valence-corrected chi connectivity index (χ1v) is 12.9. The van der Waals surface area contributed by atoms with Gasteiger partial charge in [0, 0.05) is 48.2 Å². The number of hydrogen-bond acceptors (Lipinski definition) is 3. The first kappa shape index (κ1) is 23.7. The number of fused-ring (bicyclic) bond motifs is 1. The lowest BCUT2D eigenvalue weighted by molar-refractivity contribution is 0.0952. The van der Waals surface area contributed by atoms with Crippen LogP contribution in [0.4, 0.5) is 0 Å². The third-order valence-electron chi connectivity index (χ3n) is 6.10. The van der Waals surface area contributed by atoms with E-state index in [-0.39, 0.29) is 16.7 Å². The Hall–Kier alpha value is -3.42. The number of aromatic amines is 1. The van der Waals surface area contributed by atoms with Gasteiger partial charge in [-0.1, -0.05) is 68.4 Å². The van der Waals surface area contributed by atoms with Crippen molar-refractivity contribution in [1.29, 1.82) is 0 Å². The zero-order valence-electron chi connectivity index (χ0n) is 19.4. The molecule has 0 aliphatic rings. The van der Waals surface area contributed by atoms with Crippen molar-refractivity contribution in [2.24, 2.45) is 0 Å². The lowest BCUT2D eigenvalue weighted by Crippen LogP contribution is -2.31. The number of carbonyl (C=O) groups excluding carboxylic acids is 1. The van der Waals surface area contributed by atoms with Gasteiger partial charge in [-0.2, -0.15) is 4.31 Å². The van der Waals surface area contributed by atoms with E-state index in [0.29, 0.717) is 25.2 Å². The van der Waals surface area contributed by atoms with Crippen molar-refractivity contribution in [3.63, 3.8) is 0 Å². The Labute approximate surface area is 200 Å². The van der Waals surface area contributed by atoms with E-state index in [4.69, 9.17) is 0 Å². The van der Waals surface area contributed by atoms with Crippen LogP contribution in [0.1, 0.15) is 41.3 Å².